The van der Waals surface area contributed by atoms with E-state index in [1.165, 1.54) is 6.20 Å². The molecule has 0 radical (unpaired) electrons. The van der Waals surface area contributed by atoms with E-state index in [1.54, 1.807) is 36.4 Å². The van der Waals surface area contributed by atoms with Crippen LogP contribution in [0.5, 0.6) is 0 Å². The first-order valence-corrected chi connectivity index (χ1v) is 10.5. The number of nitrogens with one attached hydrogen (secondary N) is 2. The van der Waals surface area contributed by atoms with E-state index in [-0.39, 0.29) is 12.1 Å². The maximum atomic E-state index is 13.7. The minimum atomic E-state index is -0.703. The number of benzene rings is 2. The Hall–Kier alpha value is -2.74. The predicted molar refractivity (Wildman–Crippen MR) is 118 cm³/mol. The van der Waals surface area contributed by atoms with E-state index in [9.17, 15) is 14.0 Å². The van der Waals surface area contributed by atoms with Gasteiger partial charge in [0.25, 0.3) is 5.91 Å². The lowest BCUT2D eigenvalue weighted by Gasteiger charge is -2.26. The van der Waals surface area contributed by atoms with E-state index < -0.39 is 18.0 Å². The lowest BCUT2D eigenvalue weighted by atomic mass is 10.0. The lowest BCUT2D eigenvalue weighted by molar-refractivity contribution is 0.0342. The van der Waals surface area contributed by atoms with Gasteiger partial charge < -0.3 is 15.0 Å². The Morgan fingerprint density at radius 3 is 2.61 bits per heavy atom. The highest BCUT2D eigenvalue weighted by Gasteiger charge is 2.17. The van der Waals surface area contributed by atoms with Crippen LogP contribution in [-0.2, 0) is 24.5 Å². The summed E-state index contributed by atoms with van der Waals surface area (Å²) in [5.74, 6) is -0.488. The molecule has 0 bridgehead atoms. The summed E-state index contributed by atoms with van der Waals surface area (Å²) < 4.78 is 19.1. The van der Waals surface area contributed by atoms with Crippen LogP contribution in [0.3, 0.4) is 0 Å². The monoisotopic (exact) mass is 443 g/mol. The van der Waals surface area contributed by atoms with Gasteiger partial charge in [-0.05, 0) is 35.4 Å². The van der Waals surface area contributed by atoms with Crippen molar-refractivity contribution in [3.63, 3.8) is 0 Å². The first kappa shape index (κ1) is 21.5. The molecule has 0 saturated carbocycles. The van der Waals surface area contributed by atoms with Gasteiger partial charge in [0.2, 0.25) is 5.43 Å². The van der Waals surface area contributed by atoms with Crippen molar-refractivity contribution in [2.45, 2.75) is 19.8 Å². The minimum Gasteiger partial charge on any atom is -0.379 e. The summed E-state index contributed by atoms with van der Waals surface area (Å²) in [5.41, 5.74) is 2.11. The summed E-state index contributed by atoms with van der Waals surface area (Å²) in [6.07, 6.45) is 1.35. The number of rotatable bonds is 6. The standard InChI is InChI=1S/C23H23ClFN3O3/c24-18-3-1-15(2-4-18)12-27-23(30)20-13-26-21-17(11-25)9-16(10-19(21)22(20)29)14-28-5-7-31-8-6-28/h1-4,9-10,13H,5-8,11-12,14H2,(H,26,29)(H,27,30). The van der Waals surface area contributed by atoms with Gasteiger partial charge in [-0.2, -0.15) is 0 Å². The van der Waals surface area contributed by atoms with Crippen molar-refractivity contribution < 1.29 is 13.9 Å². The van der Waals surface area contributed by atoms with Gasteiger partial charge in [0.1, 0.15) is 12.2 Å². The van der Waals surface area contributed by atoms with E-state index >= 15 is 0 Å². The Bertz CT molecular complexity index is 1140. The van der Waals surface area contributed by atoms with Crippen LogP contribution in [0, 0.1) is 0 Å². The molecule has 162 valence electrons. The van der Waals surface area contributed by atoms with Crippen LogP contribution in [0.2, 0.25) is 5.02 Å². The number of aromatic amines is 1. The molecule has 0 spiro atoms. The Morgan fingerprint density at radius 1 is 1.16 bits per heavy atom. The van der Waals surface area contributed by atoms with E-state index in [0.717, 1.165) is 24.2 Å². The lowest BCUT2D eigenvalue weighted by Crippen LogP contribution is -2.35. The van der Waals surface area contributed by atoms with Crippen molar-refractivity contribution in [2.24, 2.45) is 0 Å². The zero-order valence-electron chi connectivity index (χ0n) is 16.9. The molecule has 6 nitrogen and oxygen atoms in total. The highest BCUT2D eigenvalue weighted by Crippen LogP contribution is 2.20. The van der Waals surface area contributed by atoms with E-state index in [0.29, 0.717) is 41.2 Å². The maximum absolute atomic E-state index is 13.7. The van der Waals surface area contributed by atoms with Crippen LogP contribution in [0.15, 0.2) is 47.4 Å². The highest BCUT2D eigenvalue weighted by molar-refractivity contribution is 6.30. The number of aromatic nitrogens is 1. The van der Waals surface area contributed by atoms with Gasteiger partial charge in [0.15, 0.2) is 0 Å². The van der Waals surface area contributed by atoms with Gasteiger partial charge in [-0.15, -0.1) is 0 Å². The average Bonchev–Trinajstić information content (AvgIpc) is 2.79. The van der Waals surface area contributed by atoms with Gasteiger partial charge in [-0.1, -0.05) is 23.7 Å². The normalized spacial score (nSPS) is 14.6. The van der Waals surface area contributed by atoms with Gasteiger partial charge in [0.05, 0.1) is 18.7 Å². The number of ether oxygens (including phenoxy) is 1. The Balaban J connectivity index is 1.60. The van der Waals surface area contributed by atoms with Crippen LogP contribution in [0.4, 0.5) is 4.39 Å². The van der Waals surface area contributed by atoms with Crippen molar-refractivity contribution in [2.75, 3.05) is 26.3 Å². The molecule has 1 amide bonds. The van der Waals surface area contributed by atoms with Crippen LogP contribution in [0.1, 0.15) is 27.0 Å². The van der Waals surface area contributed by atoms with Crippen LogP contribution in [0.25, 0.3) is 10.9 Å². The van der Waals surface area contributed by atoms with Gasteiger partial charge in [-0.3, -0.25) is 14.5 Å². The molecule has 2 N–H and O–H groups in total. The quantitative estimate of drug-likeness (QED) is 0.612. The van der Waals surface area contributed by atoms with Crippen molar-refractivity contribution in [1.29, 1.82) is 0 Å². The second-order valence-corrected chi connectivity index (χ2v) is 7.98. The number of hydrogen-bond donors (Lipinski definition) is 2. The molecule has 1 saturated heterocycles. The van der Waals surface area contributed by atoms with E-state index in [1.807, 2.05) is 0 Å². The SMILES string of the molecule is O=C(NCc1ccc(Cl)cc1)c1c[nH]c2c(CF)cc(CN3CCOCC3)cc2c1=O. The number of fused-ring (bicyclic) bond motifs is 1. The molecule has 1 aliphatic rings. The summed E-state index contributed by atoms with van der Waals surface area (Å²) in [7, 11) is 0. The molecule has 0 atom stereocenters. The number of nitrogens with zero attached hydrogens (tertiary/aromatic N) is 1. The fourth-order valence-corrected chi connectivity index (χ4v) is 3.86. The summed E-state index contributed by atoms with van der Waals surface area (Å²) in [6, 6.07) is 10.6. The molecule has 1 fully saturated rings. The van der Waals surface area contributed by atoms with Crippen LogP contribution in [-0.4, -0.2) is 42.1 Å². The molecule has 0 unspecified atom stereocenters. The molecule has 2 heterocycles. The predicted octanol–water partition coefficient (Wildman–Crippen LogP) is 3.41. The molecule has 4 rings (SSSR count). The molecule has 1 aromatic heterocycles. The smallest absolute Gasteiger partial charge is 0.257 e. The molecule has 8 heteroatoms. The number of pyridine rings is 1. The molecular weight excluding hydrogens is 421 g/mol. The second kappa shape index (κ2) is 9.60. The molecule has 0 aliphatic carbocycles. The summed E-state index contributed by atoms with van der Waals surface area (Å²) in [4.78, 5) is 30.9. The van der Waals surface area contributed by atoms with Crippen molar-refractivity contribution in [1.82, 2.24) is 15.2 Å². The van der Waals surface area contributed by atoms with Gasteiger partial charge in [0, 0.05) is 48.3 Å². The van der Waals surface area contributed by atoms with Crippen LogP contribution >= 0.6 is 11.6 Å². The Labute approximate surface area is 184 Å². The van der Waals surface area contributed by atoms with Gasteiger partial charge >= 0.3 is 0 Å². The Kier molecular flexibility index (Phi) is 6.65. The number of morpholine rings is 1. The third kappa shape index (κ3) is 4.95. The average molecular weight is 444 g/mol. The number of carbonyl (C=O) groups excluding carboxylic acids is 1. The highest BCUT2D eigenvalue weighted by atomic mass is 35.5. The first-order valence-electron chi connectivity index (χ1n) is 10.1. The number of H-pyrrole nitrogens is 1. The summed E-state index contributed by atoms with van der Waals surface area (Å²) in [5, 5.41) is 3.68. The van der Waals surface area contributed by atoms with Crippen molar-refractivity contribution in [3.8, 4) is 0 Å². The largest absolute Gasteiger partial charge is 0.379 e. The van der Waals surface area contributed by atoms with E-state index in [4.69, 9.17) is 16.3 Å². The fraction of sp³-hybridized carbons (Fsp3) is 0.304. The number of amides is 1. The summed E-state index contributed by atoms with van der Waals surface area (Å²) in [6.45, 7) is 3.04. The minimum absolute atomic E-state index is 0.00482. The maximum Gasteiger partial charge on any atom is 0.257 e. The zero-order chi connectivity index (χ0) is 21.8. The molecule has 1 aliphatic heterocycles. The van der Waals surface area contributed by atoms with Crippen molar-refractivity contribution >= 4 is 28.4 Å². The van der Waals surface area contributed by atoms with Crippen molar-refractivity contribution in [3.05, 3.63) is 80.1 Å². The number of hydrogen-bond acceptors (Lipinski definition) is 4. The fourth-order valence-electron chi connectivity index (χ4n) is 3.74. The van der Waals surface area contributed by atoms with Crippen LogP contribution < -0.4 is 10.7 Å². The third-order valence-corrected chi connectivity index (χ3v) is 5.65. The molecule has 31 heavy (non-hydrogen) atoms. The first-order chi connectivity index (χ1) is 15.0. The number of carbonyl (C=O) groups is 1. The Morgan fingerprint density at radius 2 is 1.90 bits per heavy atom. The second-order valence-electron chi connectivity index (χ2n) is 7.54. The summed E-state index contributed by atoms with van der Waals surface area (Å²) >= 11 is 5.88. The topological polar surface area (TPSA) is 74.4 Å². The molecule has 2 aromatic carbocycles. The molecular formula is C23H23ClFN3O3. The van der Waals surface area contributed by atoms with E-state index in [2.05, 4.69) is 15.2 Å². The third-order valence-electron chi connectivity index (χ3n) is 5.39. The number of alkyl halides is 1. The number of halogens is 2. The molecule has 3 aromatic rings. The zero-order valence-corrected chi connectivity index (χ0v) is 17.7. The van der Waals surface area contributed by atoms with Gasteiger partial charge in [-0.25, -0.2) is 4.39 Å².